The predicted molar refractivity (Wildman–Crippen MR) is 100 cm³/mol. The van der Waals surface area contributed by atoms with Crippen LogP contribution in [0.2, 0.25) is 0 Å². The van der Waals surface area contributed by atoms with E-state index in [4.69, 9.17) is 9.47 Å². The van der Waals surface area contributed by atoms with Gasteiger partial charge in [0, 0.05) is 20.0 Å². The summed E-state index contributed by atoms with van der Waals surface area (Å²) in [5.41, 5.74) is 2.25. The van der Waals surface area contributed by atoms with Gasteiger partial charge in [-0.25, -0.2) is 0 Å². The second-order valence-corrected chi connectivity index (χ2v) is 6.87. The molecule has 1 unspecified atom stereocenters. The van der Waals surface area contributed by atoms with Gasteiger partial charge in [0.1, 0.15) is 6.04 Å². The maximum Gasteiger partial charge on any atom is 0.245 e. The lowest BCUT2D eigenvalue weighted by molar-refractivity contribution is -0.138. The molecular formula is C20H30N2O4. The molecule has 0 saturated heterocycles. The topological polar surface area (TPSA) is 67.9 Å². The number of hydrogen-bond acceptors (Lipinski definition) is 4. The van der Waals surface area contributed by atoms with Gasteiger partial charge in [-0.05, 0) is 49.4 Å². The summed E-state index contributed by atoms with van der Waals surface area (Å²) in [5, 5.41) is 2.78. The van der Waals surface area contributed by atoms with Crippen molar-refractivity contribution in [2.24, 2.45) is 5.92 Å². The first kappa shape index (κ1) is 20.1. The fraction of sp³-hybridized carbons (Fsp3) is 0.600. The summed E-state index contributed by atoms with van der Waals surface area (Å²) in [7, 11) is 0. The van der Waals surface area contributed by atoms with E-state index < -0.39 is 6.04 Å². The van der Waals surface area contributed by atoms with Crippen molar-refractivity contribution < 1.29 is 19.1 Å². The molecule has 1 aliphatic rings. The molecule has 1 aliphatic heterocycles. The van der Waals surface area contributed by atoms with Crippen molar-refractivity contribution >= 4 is 11.8 Å². The monoisotopic (exact) mass is 362 g/mol. The average Bonchev–Trinajstić information content (AvgIpc) is 2.59. The molecule has 1 atom stereocenters. The van der Waals surface area contributed by atoms with Crippen LogP contribution < -0.4 is 14.8 Å². The number of hydrogen-bond donors (Lipinski definition) is 1. The molecule has 2 amide bonds. The van der Waals surface area contributed by atoms with Crippen molar-refractivity contribution in [1.29, 1.82) is 0 Å². The third-order valence-electron chi connectivity index (χ3n) is 4.48. The normalized spacial score (nSPS) is 14.6. The molecule has 0 aliphatic carbocycles. The number of fused-ring (bicyclic) bond motifs is 1. The van der Waals surface area contributed by atoms with Crippen molar-refractivity contribution in [3.63, 3.8) is 0 Å². The highest BCUT2D eigenvalue weighted by Crippen LogP contribution is 2.34. The van der Waals surface area contributed by atoms with Gasteiger partial charge in [-0.2, -0.15) is 0 Å². The summed E-state index contributed by atoms with van der Waals surface area (Å²) in [6.45, 7) is 11.5. The van der Waals surface area contributed by atoms with Crippen molar-refractivity contribution in [1.82, 2.24) is 10.2 Å². The Morgan fingerprint density at radius 2 is 1.69 bits per heavy atom. The molecule has 1 aromatic carbocycles. The molecule has 26 heavy (non-hydrogen) atoms. The van der Waals surface area contributed by atoms with Crippen molar-refractivity contribution in [2.45, 2.75) is 53.6 Å². The Balaban J connectivity index is 2.23. The number of benzene rings is 1. The van der Waals surface area contributed by atoms with Gasteiger partial charge < -0.3 is 19.7 Å². The quantitative estimate of drug-likeness (QED) is 0.809. The van der Waals surface area contributed by atoms with Crippen LogP contribution in [0.5, 0.6) is 11.5 Å². The van der Waals surface area contributed by atoms with Crippen molar-refractivity contribution in [3.8, 4) is 11.5 Å². The van der Waals surface area contributed by atoms with E-state index in [-0.39, 0.29) is 17.7 Å². The van der Waals surface area contributed by atoms with E-state index in [0.717, 1.165) is 17.7 Å². The Kier molecular flexibility index (Phi) is 6.89. The minimum absolute atomic E-state index is 0.0344. The zero-order valence-corrected chi connectivity index (χ0v) is 16.4. The third-order valence-corrected chi connectivity index (χ3v) is 4.48. The number of nitrogens with one attached hydrogen (secondary N) is 1. The lowest BCUT2D eigenvalue weighted by Gasteiger charge is -2.33. The molecule has 1 N–H and O–H groups in total. The largest absolute Gasteiger partial charge is 0.490 e. The van der Waals surface area contributed by atoms with E-state index in [1.807, 2.05) is 44.7 Å². The van der Waals surface area contributed by atoms with E-state index in [0.29, 0.717) is 32.1 Å². The maximum atomic E-state index is 12.9. The maximum absolute atomic E-state index is 12.9. The number of carbonyl (C=O) groups excluding carboxylic acids is 2. The summed E-state index contributed by atoms with van der Waals surface area (Å²) in [5.74, 6) is 1.28. The van der Waals surface area contributed by atoms with Gasteiger partial charge in [0.15, 0.2) is 11.5 Å². The first-order valence-corrected chi connectivity index (χ1v) is 9.34. The minimum Gasteiger partial charge on any atom is -0.490 e. The second kappa shape index (κ2) is 8.92. The van der Waals surface area contributed by atoms with Gasteiger partial charge >= 0.3 is 0 Å². The lowest BCUT2D eigenvalue weighted by atomic mass is 9.96. The van der Waals surface area contributed by atoms with Crippen LogP contribution >= 0.6 is 0 Å². The van der Waals surface area contributed by atoms with Crippen LogP contribution in [0, 0.1) is 5.92 Å². The number of amides is 2. The SMILES string of the molecule is CCOc1cc2c(cc1OCC)CN(C(=O)C(NC(C)=O)C(C)C)CC2. The predicted octanol–water partition coefficient (Wildman–Crippen LogP) is 2.53. The zero-order valence-electron chi connectivity index (χ0n) is 16.4. The molecule has 0 saturated carbocycles. The molecule has 6 nitrogen and oxygen atoms in total. The summed E-state index contributed by atoms with van der Waals surface area (Å²) < 4.78 is 11.4. The molecular weight excluding hydrogens is 332 g/mol. The van der Waals surface area contributed by atoms with Crippen LogP contribution in [0.4, 0.5) is 0 Å². The highest BCUT2D eigenvalue weighted by molar-refractivity contribution is 5.87. The Labute approximate surface area is 155 Å². The average molecular weight is 362 g/mol. The lowest BCUT2D eigenvalue weighted by Crippen LogP contribution is -2.51. The van der Waals surface area contributed by atoms with Gasteiger partial charge in [-0.3, -0.25) is 9.59 Å². The van der Waals surface area contributed by atoms with Crippen LogP contribution in [-0.4, -0.2) is 42.5 Å². The van der Waals surface area contributed by atoms with Crippen LogP contribution in [-0.2, 0) is 22.6 Å². The van der Waals surface area contributed by atoms with Crippen LogP contribution in [0.25, 0.3) is 0 Å². The third kappa shape index (κ3) is 4.68. The van der Waals surface area contributed by atoms with Gasteiger partial charge in [-0.15, -0.1) is 0 Å². The van der Waals surface area contributed by atoms with Crippen molar-refractivity contribution in [3.05, 3.63) is 23.3 Å². The van der Waals surface area contributed by atoms with Gasteiger partial charge in [0.25, 0.3) is 0 Å². The first-order valence-electron chi connectivity index (χ1n) is 9.34. The molecule has 0 fully saturated rings. The molecule has 0 spiro atoms. The minimum atomic E-state index is -0.497. The van der Waals surface area contributed by atoms with Gasteiger partial charge in [0.05, 0.1) is 13.2 Å². The second-order valence-electron chi connectivity index (χ2n) is 6.87. The van der Waals surface area contributed by atoms with Crippen LogP contribution in [0.1, 0.15) is 45.7 Å². The fourth-order valence-corrected chi connectivity index (χ4v) is 3.22. The first-order chi connectivity index (χ1) is 12.4. The Hall–Kier alpha value is -2.24. The standard InChI is InChI=1S/C20H30N2O4/c1-6-25-17-10-15-8-9-22(12-16(15)11-18(17)26-7-2)20(24)19(13(3)4)21-14(5)23/h10-11,13,19H,6-9,12H2,1-5H3,(H,21,23). The summed E-state index contributed by atoms with van der Waals surface area (Å²) in [6, 6.07) is 3.51. The summed E-state index contributed by atoms with van der Waals surface area (Å²) in [6.07, 6.45) is 0.762. The molecule has 6 heteroatoms. The Bertz CT molecular complexity index is 657. The number of rotatable bonds is 7. The fourth-order valence-electron chi connectivity index (χ4n) is 3.22. The van der Waals surface area contributed by atoms with Gasteiger partial charge in [0.2, 0.25) is 11.8 Å². The summed E-state index contributed by atoms with van der Waals surface area (Å²) in [4.78, 5) is 26.2. The highest BCUT2D eigenvalue weighted by Gasteiger charge is 2.30. The molecule has 144 valence electrons. The summed E-state index contributed by atoms with van der Waals surface area (Å²) >= 11 is 0. The van der Waals surface area contributed by atoms with E-state index in [1.54, 1.807) is 0 Å². The van der Waals surface area contributed by atoms with Crippen LogP contribution in [0.15, 0.2) is 12.1 Å². The highest BCUT2D eigenvalue weighted by atomic mass is 16.5. The smallest absolute Gasteiger partial charge is 0.245 e. The van der Waals surface area contributed by atoms with E-state index in [2.05, 4.69) is 5.32 Å². The van der Waals surface area contributed by atoms with E-state index in [9.17, 15) is 9.59 Å². The number of carbonyl (C=O) groups is 2. The molecule has 1 heterocycles. The Morgan fingerprint density at radius 3 is 2.19 bits per heavy atom. The molecule has 1 aromatic rings. The van der Waals surface area contributed by atoms with E-state index >= 15 is 0 Å². The number of ether oxygens (including phenoxy) is 2. The van der Waals surface area contributed by atoms with Gasteiger partial charge in [-0.1, -0.05) is 13.8 Å². The molecule has 0 bridgehead atoms. The molecule has 0 radical (unpaired) electrons. The molecule has 2 rings (SSSR count). The Morgan fingerprint density at radius 1 is 1.12 bits per heavy atom. The van der Waals surface area contributed by atoms with E-state index in [1.165, 1.54) is 12.5 Å². The van der Waals surface area contributed by atoms with Crippen molar-refractivity contribution in [2.75, 3.05) is 19.8 Å². The zero-order chi connectivity index (χ0) is 19.3. The van der Waals surface area contributed by atoms with Crippen LogP contribution in [0.3, 0.4) is 0 Å². The molecule has 0 aromatic heterocycles. The number of nitrogens with zero attached hydrogens (tertiary/aromatic N) is 1.